The van der Waals surface area contributed by atoms with Crippen molar-refractivity contribution in [3.63, 3.8) is 0 Å². The summed E-state index contributed by atoms with van der Waals surface area (Å²) in [5.74, 6) is -0.240. The van der Waals surface area contributed by atoms with Crippen molar-refractivity contribution in [2.24, 2.45) is 5.73 Å². The third kappa shape index (κ3) is 3.90. The molecule has 1 unspecified atom stereocenters. The molecule has 1 nitrogen and oxygen atoms in total. The molecule has 2 aromatic rings. The van der Waals surface area contributed by atoms with Crippen molar-refractivity contribution < 1.29 is 4.39 Å². The first kappa shape index (κ1) is 15.2. The average molecular weight is 455 g/mol. The Labute approximate surface area is 138 Å². The van der Waals surface area contributed by atoms with Gasteiger partial charge in [0.05, 0.1) is 0 Å². The molecule has 0 radical (unpaired) electrons. The van der Waals surface area contributed by atoms with Crippen LogP contribution in [0.5, 0.6) is 0 Å². The average Bonchev–Trinajstić information content (AvgIpc) is 2.36. The molecule has 0 bridgehead atoms. The van der Waals surface area contributed by atoms with Crippen LogP contribution in [0.2, 0.25) is 5.02 Å². The lowest BCUT2D eigenvalue weighted by Gasteiger charge is -2.15. The molecule has 0 spiro atoms. The standard InChI is InChI=1S/C14H11BrClFIN/c15-9-1-3-12(17)8(5-9)6-14(19)11-7-10(16)2-4-13(11)18/h1-5,7,14H,6,19H2. The second-order valence-electron chi connectivity index (χ2n) is 4.21. The lowest BCUT2D eigenvalue weighted by atomic mass is 9.99. The summed E-state index contributed by atoms with van der Waals surface area (Å²) in [6.07, 6.45) is 0.432. The van der Waals surface area contributed by atoms with Crippen LogP contribution in [0.25, 0.3) is 0 Å². The van der Waals surface area contributed by atoms with E-state index in [4.69, 9.17) is 17.3 Å². The maximum atomic E-state index is 13.7. The van der Waals surface area contributed by atoms with Gasteiger partial charge in [-0.2, -0.15) is 0 Å². The van der Waals surface area contributed by atoms with Gasteiger partial charge < -0.3 is 5.73 Å². The van der Waals surface area contributed by atoms with Crippen LogP contribution in [0, 0.1) is 9.39 Å². The molecule has 2 N–H and O–H groups in total. The predicted molar refractivity (Wildman–Crippen MR) is 88.9 cm³/mol. The zero-order valence-corrected chi connectivity index (χ0v) is 14.3. The van der Waals surface area contributed by atoms with Crippen molar-refractivity contribution >= 4 is 50.1 Å². The highest BCUT2D eigenvalue weighted by atomic mass is 127. The van der Waals surface area contributed by atoms with Gasteiger partial charge in [0.15, 0.2) is 0 Å². The van der Waals surface area contributed by atoms with Crippen LogP contribution in [-0.2, 0) is 6.42 Å². The van der Waals surface area contributed by atoms with Crippen molar-refractivity contribution in [3.8, 4) is 0 Å². The molecular weight excluding hydrogens is 443 g/mol. The second-order valence-corrected chi connectivity index (χ2v) is 6.73. The number of nitrogens with two attached hydrogens (primary N) is 1. The van der Waals surface area contributed by atoms with Gasteiger partial charge in [0.2, 0.25) is 0 Å². The summed E-state index contributed by atoms with van der Waals surface area (Å²) >= 11 is 11.5. The first-order chi connectivity index (χ1) is 8.97. The molecule has 2 aromatic carbocycles. The number of halogens is 4. The van der Waals surface area contributed by atoms with Gasteiger partial charge in [0.25, 0.3) is 0 Å². The highest BCUT2D eigenvalue weighted by Gasteiger charge is 2.14. The zero-order chi connectivity index (χ0) is 14.0. The molecule has 0 saturated heterocycles. The Hall–Kier alpha value is -0.170. The molecule has 0 aliphatic heterocycles. The van der Waals surface area contributed by atoms with Gasteiger partial charge >= 0.3 is 0 Å². The summed E-state index contributed by atoms with van der Waals surface area (Å²) in [4.78, 5) is 0. The van der Waals surface area contributed by atoms with Gasteiger partial charge in [-0.3, -0.25) is 0 Å². The minimum Gasteiger partial charge on any atom is -0.324 e. The van der Waals surface area contributed by atoms with E-state index in [0.29, 0.717) is 17.0 Å². The minimum absolute atomic E-state index is 0.240. The van der Waals surface area contributed by atoms with E-state index in [1.807, 2.05) is 18.2 Å². The van der Waals surface area contributed by atoms with Crippen LogP contribution < -0.4 is 5.73 Å². The molecule has 0 amide bonds. The third-order valence-corrected chi connectivity index (χ3v) is 4.52. The Kier molecular flexibility index (Phi) is 5.22. The van der Waals surface area contributed by atoms with Crippen molar-refractivity contribution in [1.82, 2.24) is 0 Å². The van der Waals surface area contributed by atoms with Crippen molar-refractivity contribution in [3.05, 3.63) is 66.4 Å². The van der Waals surface area contributed by atoms with Crippen LogP contribution in [0.3, 0.4) is 0 Å². The van der Waals surface area contributed by atoms with E-state index in [1.54, 1.807) is 12.1 Å². The summed E-state index contributed by atoms with van der Waals surface area (Å²) < 4.78 is 15.6. The van der Waals surface area contributed by atoms with Gasteiger partial charge in [-0.1, -0.05) is 27.5 Å². The van der Waals surface area contributed by atoms with E-state index in [1.165, 1.54) is 6.07 Å². The van der Waals surface area contributed by atoms with Crippen LogP contribution in [-0.4, -0.2) is 0 Å². The zero-order valence-electron chi connectivity index (χ0n) is 9.84. The SMILES string of the molecule is NC(Cc1cc(Br)ccc1F)c1cc(Cl)ccc1I. The lowest BCUT2D eigenvalue weighted by molar-refractivity contribution is 0.592. The Morgan fingerprint density at radius 2 is 2.00 bits per heavy atom. The molecule has 19 heavy (non-hydrogen) atoms. The molecule has 0 saturated carbocycles. The van der Waals surface area contributed by atoms with E-state index >= 15 is 0 Å². The smallest absolute Gasteiger partial charge is 0.126 e. The van der Waals surface area contributed by atoms with Crippen molar-refractivity contribution in [2.75, 3.05) is 0 Å². The minimum atomic E-state index is -0.283. The second kappa shape index (κ2) is 6.52. The molecular formula is C14H11BrClFIN. The van der Waals surface area contributed by atoms with Crippen molar-refractivity contribution in [2.45, 2.75) is 12.5 Å². The maximum Gasteiger partial charge on any atom is 0.126 e. The fraction of sp³-hybridized carbons (Fsp3) is 0.143. The molecule has 0 aliphatic rings. The normalized spacial score (nSPS) is 12.5. The summed E-state index contributed by atoms with van der Waals surface area (Å²) in [6.45, 7) is 0. The fourth-order valence-corrected chi connectivity index (χ4v) is 3.17. The van der Waals surface area contributed by atoms with E-state index in [2.05, 4.69) is 38.5 Å². The van der Waals surface area contributed by atoms with E-state index < -0.39 is 0 Å². The maximum absolute atomic E-state index is 13.7. The molecule has 1 atom stereocenters. The Bertz CT molecular complexity index is 606. The van der Waals surface area contributed by atoms with E-state index in [9.17, 15) is 4.39 Å². The van der Waals surface area contributed by atoms with Gasteiger partial charge in [-0.25, -0.2) is 4.39 Å². The Morgan fingerprint density at radius 3 is 2.74 bits per heavy atom. The predicted octanol–water partition coefficient (Wildman–Crippen LogP) is 5.09. The lowest BCUT2D eigenvalue weighted by Crippen LogP contribution is -2.15. The summed E-state index contributed by atoms with van der Waals surface area (Å²) in [6, 6.07) is 10.2. The summed E-state index contributed by atoms with van der Waals surface area (Å²) in [7, 11) is 0. The molecule has 0 heterocycles. The Balaban J connectivity index is 2.27. The van der Waals surface area contributed by atoms with Crippen molar-refractivity contribution in [1.29, 1.82) is 0 Å². The van der Waals surface area contributed by atoms with Crippen LogP contribution in [0.4, 0.5) is 4.39 Å². The molecule has 5 heteroatoms. The molecule has 0 aliphatic carbocycles. The summed E-state index contributed by atoms with van der Waals surface area (Å²) in [5, 5.41) is 0.639. The van der Waals surface area contributed by atoms with Crippen LogP contribution >= 0.6 is 50.1 Å². The fourth-order valence-electron chi connectivity index (χ4n) is 1.85. The number of hydrogen-bond acceptors (Lipinski definition) is 1. The van der Waals surface area contributed by atoms with Gasteiger partial charge in [-0.15, -0.1) is 0 Å². The van der Waals surface area contributed by atoms with Gasteiger partial charge in [-0.05, 0) is 76.5 Å². The van der Waals surface area contributed by atoms with Gasteiger partial charge in [0.1, 0.15) is 5.82 Å². The monoisotopic (exact) mass is 453 g/mol. The first-order valence-electron chi connectivity index (χ1n) is 5.62. The Morgan fingerprint density at radius 1 is 1.26 bits per heavy atom. The van der Waals surface area contributed by atoms with E-state index in [-0.39, 0.29) is 11.9 Å². The van der Waals surface area contributed by atoms with Crippen LogP contribution in [0.1, 0.15) is 17.2 Å². The highest BCUT2D eigenvalue weighted by molar-refractivity contribution is 14.1. The van der Waals surface area contributed by atoms with E-state index in [0.717, 1.165) is 13.6 Å². The summed E-state index contributed by atoms with van der Waals surface area (Å²) in [5.41, 5.74) is 7.70. The molecule has 2 rings (SSSR count). The number of benzene rings is 2. The van der Waals surface area contributed by atoms with Crippen LogP contribution in [0.15, 0.2) is 40.9 Å². The largest absolute Gasteiger partial charge is 0.324 e. The number of hydrogen-bond donors (Lipinski definition) is 1. The topological polar surface area (TPSA) is 26.0 Å². The quantitative estimate of drug-likeness (QED) is 0.643. The van der Waals surface area contributed by atoms with Gasteiger partial charge in [0, 0.05) is 19.1 Å². The molecule has 0 fully saturated rings. The molecule has 0 aromatic heterocycles. The highest BCUT2D eigenvalue weighted by Crippen LogP contribution is 2.26. The molecule has 100 valence electrons. The number of rotatable bonds is 3. The third-order valence-electron chi connectivity index (χ3n) is 2.81. The first-order valence-corrected chi connectivity index (χ1v) is 7.87.